The molecule has 0 saturated heterocycles. The number of H-pyrrole nitrogens is 2. The van der Waals surface area contributed by atoms with Crippen molar-refractivity contribution in [2.75, 3.05) is 13.1 Å². The first-order chi connectivity index (χ1) is 10.6. The minimum Gasteiger partial charge on any atom is -0.356 e. The van der Waals surface area contributed by atoms with Crippen LogP contribution in [0.5, 0.6) is 0 Å². The highest BCUT2D eigenvalue weighted by Gasteiger charge is 1.94. The smallest absolute Gasteiger partial charge is 0.216 e. The first-order valence-corrected chi connectivity index (χ1v) is 7.01. The van der Waals surface area contributed by atoms with E-state index in [2.05, 4.69) is 30.6 Å². The van der Waals surface area contributed by atoms with Crippen LogP contribution in [0.15, 0.2) is 25.0 Å². The van der Waals surface area contributed by atoms with Crippen LogP contribution in [-0.2, 0) is 22.4 Å². The summed E-state index contributed by atoms with van der Waals surface area (Å²) < 4.78 is 0. The van der Waals surface area contributed by atoms with Crippen LogP contribution in [0.2, 0.25) is 0 Å². The van der Waals surface area contributed by atoms with Crippen LogP contribution in [0, 0.1) is 0 Å². The molecule has 0 aromatic carbocycles. The van der Waals surface area contributed by atoms with E-state index in [4.69, 9.17) is 0 Å². The zero-order valence-corrected chi connectivity index (χ0v) is 12.8. The Kier molecular flexibility index (Phi) is 8.02. The SMILES string of the molecule is CC(=O)NCCc1cnc[nH]1.CC(=O)NCCc1cnc[nH]1. The minimum absolute atomic E-state index is 0.00418. The third-order valence-electron chi connectivity index (χ3n) is 2.65. The number of carbonyl (C=O) groups is 2. The number of aromatic amines is 2. The summed E-state index contributed by atoms with van der Waals surface area (Å²) in [6, 6.07) is 0. The molecule has 0 fully saturated rings. The van der Waals surface area contributed by atoms with Crippen molar-refractivity contribution in [3.63, 3.8) is 0 Å². The van der Waals surface area contributed by atoms with Crippen LogP contribution in [0.3, 0.4) is 0 Å². The molecule has 2 aromatic rings. The van der Waals surface area contributed by atoms with E-state index in [9.17, 15) is 9.59 Å². The molecule has 2 heterocycles. The maximum absolute atomic E-state index is 10.4. The van der Waals surface area contributed by atoms with Crippen molar-refractivity contribution in [1.82, 2.24) is 30.6 Å². The van der Waals surface area contributed by atoms with Crippen molar-refractivity contribution in [1.29, 1.82) is 0 Å². The fourth-order valence-corrected chi connectivity index (χ4v) is 1.59. The van der Waals surface area contributed by atoms with Crippen LogP contribution < -0.4 is 10.6 Å². The van der Waals surface area contributed by atoms with Crippen LogP contribution in [0.25, 0.3) is 0 Å². The molecule has 0 bridgehead atoms. The average Bonchev–Trinajstić information content (AvgIpc) is 3.11. The van der Waals surface area contributed by atoms with E-state index in [1.165, 1.54) is 13.8 Å². The molecule has 8 nitrogen and oxygen atoms in total. The number of imidazole rings is 2. The van der Waals surface area contributed by atoms with Gasteiger partial charge in [-0.25, -0.2) is 9.97 Å². The summed E-state index contributed by atoms with van der Waals surface area (Å²) in [5, 5.41) is 5.39. The van der Waals surface area contributed by atoms with Gasteiger partial charge in [-0.3, -0.25) is 9.59 Å². The Morgan fingerprint density at radius 2 is 1.32 bits per heavy atom. The lowest BCUT2D eigenvalue weighted by Gasteiger charge is -1.98. The predicted octanol–water partition coefficient (Wildman–Crippen LogP) is 0.177. The standard InChI is InChI=1S/2C7H11N3O/c2*1-6(11)9-3-2-7-4-8-5-10-7/h2*4-5H,2-3H2,1H3,(H,8,10)(H,9,11). The number of nitrogens with one attached hydrogen (secondary N) is 4. The normalized spacial score (nSPS) is 9.55. The first-order valence-electron chi connectivity index (χ1n) is 7.01. The molecule has 0 aliphatic rings. The zero-order valence-electron chi connectivity index (χ0n) is 12.8. The molecule has 0 radical (unpaired) electrons. The second-order valence-corrected chi connectivity index (χ2v) is 4.62. The predicted molar refractivity (Wildman–Crippen MR) is 82.0 cm³/mol. The van der Waals surface area contributed by atoms with Gasteiger partial charge < -0.3 is 20.6 Å². The quantitative estimate of drug-likeness (QED) is 0.609. The van der Waals surface area contributed by atoms with Gasteiger partial charge in [-0.1, -0.05) is 0 Å². The number of nitrogens with zero attached hydrogens (tertiary/aromatic N) is 2. The fourth-order valence-electron chi connectivity index (χ4n) is 1.59. The van der Waals surface area contributed by atoms with E-state index >= 15 is 0 Å². The van der Waals surface area contributed by atoms with Crippen molar-refractivity contribution >= 4 is 11.8 Å². The molecule has 0 aliphatic heterocycles. The Morgan fingerprint density at radius 1 is 0.909 bits per heavy atom. The van der Waals surface area contributed by atoms with E-state index in [0.717, 1.165) is 24.2 Å². The van der Waals surface area contributed by atoms with Crippen molar-refractivity contribution in [3.8, 4) is 0 Å². The highest BCUT2D eigenvalue weighted by molar-refractivity contribution is 5.73. The lowest BCUT2D eigenvalue weighted by Crippen LogP contribution is -2.22. The number of rotatable bonds is 6. The summed E-state index contributed by atoms with van der Waals surface area (Å²) in [6.45, 7) is 4.34. The molecule has 0 aliphatic carbocycles. The van der Waals surface area contributed by atoms with Crippen LogP contribution in [0.1, 0.15) is 25.2 Å². The van der Waals surface area contributed by atoms with Gasteiger partial charge in [-0.05, 0) is 0 Å². The van der Waals surface area contributed by atoms with Gasteiger partial charge in [0.1, 0.15) is 0 Å². The van der Waals surface area contributed by atoms with Gasteiger partial charge in [0.15, 0.2) is 0 Å². The molecule has 120 valence electrons. The molecule has 22 heavy (non-hydrogen) atoms. The number of hydrogen-bond acceptors (Lipinski definition) is 4. The van der Waals surface area contributed by atoms with Gasteiger partial charge in [-0.15, -0.1) is 0 Å². The second-order valence-electron chi connectivity index (χ2n) is 4.62. The molecule has 2 amide bonds. The van der Waals surface area contributed by atoms with Crippen LogP contribution in [0.4, 0.5) is 0 Å². The maximum Gasteiger partial charge on any atom is 0.216 e. The molecular weight excluding hydrogens is 284 g/mol. The van der Waals surface area contributed by atoms with Crippen LogP contribution >= 0.6 is 0 Å². The fraction of sp³-hybridized carbons (Fsp3) is 0.429. The Bertz CT molecular complexity index is 485. The Hall–Kier alpha value is -2.64. The van der Waals surface area contributed by atoms with Crippen molar-refractivity contribution in [2.24, 2.45) is 0 Å². The largest absolute Gasteiger partial charge is 0.356 e. The summed E-state index contributed by atoms with van der Waals surface area (Å²) in [5.74, 6) is 0.00836. The molecule has 4 N–H and O–H groups in total. The highest BCUT2D eigenvalue weighted by Crippen LogP contribution is 1.90. The van der Waals surface area contributed by atoms with Crippen molar-refractivity contribution in [3.05, 3.63) is 36.4 Å². The van der Waals surface area contributed by atoms with Gasteiger partial charge in [-0.2, -0.15) is 0 Å². The lowest BCUT2D eigenvalue weighted by atomic mass is 10.3. The lowest BCUT2D eigenvalue weighted by molar-refractivity contribution is -0.119. The monoisotopic (exact) mass is 306 g/mol. The van der Waals surface area contributed by atoms with E-state index in [1.54, 1.807) is 25.0 Å². The molecule has 0 spiro atoms. The molecule has 2 rings (SSSR count). The minimum atomic E-state index is 0.00418. The Morgan fingerprint density at radius 3 is 1.59 bits per heavy atom. The zero-order chi connectivity index (χ0) is 16.2. The molecule has 0 saturated carbocycles. The summed E-state index contributed by atoms with van der Waals surface area (Å²) in [4.78, 5) is 34.5. The van der Waals surface area contributed by atoms with Gasteiger partial charge >= 0.3 is 0 Å². The van der Waals surface area contributed by atoms with Gasteiger partial charge in [0.2, 0.25) is 11.8 Å². The second kappa shape index (κ2) is 10.1. The maximum atomic E-state index is 10.4. The molecule has 8 heteroatoms. The van der Waals surface area contributed by atoms with Gasteiger partial charge in [0.25, 0.3) is 0 Å². The third kappa shape index (κ3) is 8.51. The number of aromatic nitrogens is 4. The van der Waals surface area contributed by atoms with Crippen LogP contribution in [-0.4, -0.2) is 44.8 Å². The molecule has 2 aromatic heterocycles. The van der Waals surface area contributed by atoms with E-state index in [0.29, 0.717) is 13.1 Å². The van der Waals surface area contributed by atoms with E-state index < -0.39 is 0 Å². The summed E-state index contributed by atoms with van der Waals surface area (Å²) >= 11 is 0. The molecule has 0 unspecified atom stereocenters. The summed E-state index contributed by atoms with van der Waals surface area (Å²) in [5.41, 5.74) is 2.08. The topological polar surface area (TPSA) is 116 Å². The highest BCUT2D eigenvalue weighted by atomic mass is 16.1. The van der Waals surface area contributed by atoms with Gasteiger partial charge in [0.05, 0.1) is 12.7 Å². The first kappa shape index (κ1) is 17.4. The number of hydrogen-bond donors (Lipinski definition) is 4. The number of amides is 2. The Labute approximate surface area is 129 Å². The number of carbonyl (C=O) groups excluding carboxylic acids is 2. The summed E-state index contributed by atoms with van der Waals surface area (Å²) in [7, 11) is 0. The molecule has 0 atom stereocenters. The summed E-state index contributed by atoms with van der Waals surface area (Å²) in [6.07, 6.45) is 8.37. The van der Waals surface area contributed by atoms with Crippen molar-refractivity contribution in [2.45, 2.75) is 26.7 Å². The van der Waals surface area contributed by atoms with Gasteiger partial charge in [0, 0.05) is 63.6 Å². The molecular formula is C14H22N6O2. The van der Waals surface area contributed by atoms with E-state index in [1.807, 2.05) is 0 Å². The third-order valence-corrected chi connectivity index (χ3v) is 2.65. The Balaban J connectivity index is 0.000000220. The van der Waals surface area contributed by atoms with Crippen molar-refractivity contribution < 1.29 is 9.59 Å². The van der Waals surface area contributed by atoms with E-state index in [-0.39, 0.29) is 11.8 Å². The average molecular weight is 306 g/mol.